The molecule has 1 saturated heterocycles. The molecule has 0 radical (unpaired) electrons. The Kier molecular flexibility index (Phi) is 6.36. The molecule has 1 aliphatic heterocycles. The van der Waals surface area contributed by atoms with Gasteiger partial charge in [-0.05, 0) is 24.8 Å². The van der Waals surface area contributed by atoms with Gasteiger partial charge in [0.05, 0.1) is 0 Å². The Morgan fingerprint density at radius 2 is 1.91 bits per heavy atom. The highest BCUT2D eigenvalue weighted by molar-refractivity contribution is 5.82. The lowest BCUT2D eigenvalue weighted by Crippen LogP contribution is -2.43. The van der Waals surface area contributed by atoms with E-state index in [9.17, 15) is 9.59 Å². The van der Waals surface area contributed by atoms with Crippen molar-refractivity contribution in [2.24, 2.45) is 0 Å². The zero-order chi connectivity index (χ0) is 15.8. The molecule has 2 unspecified atom stereocenters. The maximum absolute atomic E-state index is 12.1. The lowest BCUT2D eigenvalue weighted by molar-refractivity contribution is -0.137. The number of unbranched alkanes of at least 4 members (excludes halogenated alkanes) is 2. The number of amides is 1. The lowest BCUT2D eigenvalue weighted by atomic mass is 10.0. The second kappa shape index (κ2) is 8.51. The first-order valence-corrected chi connectivity index (χ1v) is 7.72. The number of hydrogen-bond acceptors (Lipinski definition) is 4. The first kappa shape index (κ1) is 16.5. The van der Waals surface area contributed by atoms with Crippen molar-refractivity contribution < 1.29 is 14.7 Å². The van der Waals surface area contributed by atoms with E-state index in [-0.39, 0.29) is 24.4 Å². The summed E-state index contributed by atoms with van der Waals surface area (Å²) in [5.41, 5.74) is 7.35. The van der Waals surface area contributed by atoms with Crippen molar-refractivity contribution in [3.63, 3.8) is 0 Å². The van der Waals surface area contributed by atoms with Crippen LogP contribution < -0.4 is 16.2 Å². The number of hydrogen-bond donors (Lipinski definition) is 4. The van der Waals surface area contributed by atoms with E-state index in [1.807, 2.05) is 30.3 Å². The number of carboxylic acids is 1. The van der Waals surface area contributed by atoms with Gasteiger partial charge in [0.25, 0.3) is 0 Å². The summed E-state index contributed by atoms with van der Waals surface area (Å²) in [6.07, 6.45) is 3.19. The second-order valence-corrected chi connectivity index (χ2v) is 5.54. The Labute approximate surface area is 130 Å². The highest BCUT2D eigenvalue weighted by Crippen LogP contribution is 2.21. The minimum atomic E-state index is -0.766. The monoisotopic (exact) mass is 305 g/mol. The van der Waals surface area contributed by atoms with Crippen LogP contribution in [0.15, 0.2) is 30.3 Å². The summed E-state index contributed by atoms with van der Waals surface area (Å²) >= 11 is 0. The summed E-state index contributed by atoms with van der Waals surface area (Å²) in [4.78, 5) is 22.4. The van der Waals surface area contributed by atoms with Crippen molar-refractivity contribution in [3.05, 3.63) is 35.9 Å². The SMILES string of the molecule is O=C(O)CCCCCNC(=O)C1CC(c2ccccc2)NN1. The van der Waals surface area contributed by atoms with Gasteiger partial charge in [0, 0.05) is 19.0 Å². The first-order chi connectivity index (χ1) is 10.7. The highest BCUT2D eigenvalue weighted by Gasteiger charge is 2.29. The molecule has 120 valence electrons. The normalized spacial score (nSPS) is 20.7. The summed E-state index contributed by atoms with van der Waals surface area (Å²) in [6, 6.07) is 9.95. The minimum Gasteiger partial charge on any atom is -0.481 e. The van der Waals surface area contributed by atoms with Gasteiger partial charge in [0.2, 0.25) is 5.91 Å². The molecule has 2 atom stereocenters. The van der Waals surface area contributed by atoms with Crippen LogP contribution in [0.3, 0.4) is 0 Å². The van der Waals surface area contributed by atoms with E-state index < -0.39 is 5.97 Å². The molecule has 0 aromatic heterocycles. The van der Waals surface area contributed by atoms with E-state index >= 15 is 0 Å². The average molecular weight is 305 g/mol. The van der Waals surface area contributed by atoms with Crippen LogP contribution >= 0.6 is 0 Å². The van der Waals surface area contributed by atoms with E-state index in [1.54, 1.807) is 0 Å². The van der Waals surface area contributed by atoms with Crippen LogP contribution in [0.25, 0.3) is 0 Å². The summed E-state index contributed by atoms with van der Waals surface area (Å²) in [7, 11) is 0. The van der Waals surface area contributed by atoms with Gasteiger partial charge in [-0.25, -0.2) is 10.9 Å². The quantitative estimate of drug-likeness (QED) is 0.544. The van der Waals surface area contributed by atoms with Crippen molar-refractivity contribution >= 4 is 11.9 Å². The first-order valence-electron chi connectivity index (χ1n) is 7.72. The molecule has 1 aliphatic rings. The van der Waals surface area contributed by atoms with Gasteiger partial charge >= 0.3 is 5.97 Å². The molecule has 2 rings (SSSR count). The van der Waals surface area contributed by atoms with Crippen LogP contribution in [0, 0.1) is 0 Å². The molecular formula is C16H23N3O3. The highest BCUT2D eigenvalue weighted by atomic mass is 16.4. The molecule has 6 nitrogen and oxygen atoms in total. The lowest BCUT2D eigenvalue weighted by Gasteiger charge is -2.10. The predicted molar refractivity (Wildman–Crippen MR) is 83.0 cm³/mol. The van der Waals surface area contributed by atoms with E-state index in [1.165, 1.54) is 5.56 Å². The van der Waals surface area contributed by atoms with Crippen molar-refractivity contribution in [2.45, 2.75) is 44.2 Å². The fourth-order valence-electron chi connectivity index (χ4n) is 2.54. The zero-order valence-electron chi connectivity index (χ0n) is 12.5. The summed E-state index contributed by atoms with van der Waals surface area (Å²) in [5.74, 6) is -0.776. The third-order valence-electron chi connectivity index (χ3n) is 3.79. The maximum atomic E-state index is 12.1. The molecular weight excluding hydrogens is 282 g/mol. The van der Waals surface area contributed by atoms with E-state index in [0.29, 0.717) is 13.0 Å². The van der Waals surface area contributed by atoms with Gasteiger partial charge in [0.1, 0.15) is 6.04 Å². The molecule has 1 aromatic carbocycles. The molecule has 4 N–H and O–H groups in total. The van der Waals surface area contributed by atoms with Crippen molar-refractivity contribution in [1.29, 1.82) is 0 Å². The molecule has 0 bridgehead atoms. The maximum Gasteiger partial charge on any atom is 0.303 e. The fourth-order valence-corrected chi connectivity index (χ4v) is 2.54. The van der Waals surface area contributed by atoms with E-state index in [0.717, 1.165) is 19.3 Å². The number of aliphatic carboxylic acids is 1. The van der Waals surface area contributed by atoms with E-state index in [4.69, 9.17) is 5.11 Å². The fraction of sp³-hybridized carbons (Fsp3) is 0.500. The van der Waals surface area contributed by atoms with Gasteiger partial charge < -0.3 is 10.4 Å². The third-order valence-corrected chi connectivity index (χ3v) is 3.79. The summed E-state index contributed by atoms with van der Waals surface area (Å²) in [5, 5.41) is 11.4. The molecule has 0 spiro atoms. The molecule has 0 saturated carbocycles. The largest absolute Gasteiger partial charge is 0.481 e. The Balaban J connectivity index is 1.64. The predicted octanol–water partition coefficient (Wildman–Crippen LogP) is 1.36. The van der Waals surface area contributed by atoms with Gasteiger partial charge in [-0.15, -0.1) is 0 Å². The van der Waals surface area contributed by atoms with Gasteiger partial charge in [-0.1, -0.05) is 36.8 Å². The third kappa shape index (κ3) is 5.13. The van der Waals surface area contributed by atoms with Crippen LogP contribution in [0.1, 0.15) is 43.7 Å². The summed E-state index contributed by atoms with van der Waals surface area (Å²) < 4.78 is 0. The Bertz CT molecular complexity index is 493. The van der Waals surface area contributed by atoms with Crippen LogP contribution in [0.2, 0.25) is 0 Å². The van der Waals surface area contributed by atoms with Crippen LogP contribution in [0.5, 0.6) is 0 Å². The Morgan fingerprint density at radius 1 is 1.14 bits per heavy atom. The number of carbonyl (C=O) groups excluding carboxylic acids is 1. The molecule has 1 aromatic rings. The van der Waals surface area contributed by atoms with Gasteiger partial charge in [-0.2, -0.15) is 0 Å². The second-order valence-electron chi connectivity index (χ2n) is 5.54. The average Bonchev–Trinajstić information content (AvgIpc) is 3.01. The van der Waals surface area contributed by atoms with E-state index in [2.05, 4.69) is 16.2 Å². The number of nitrogens with one attached hydrogen (secondary N) is 3. The zero-order valence-corrected chi connectivity index (χ0v) is 12.5. The standard InChI is InChI=1S/C16H23N3O3/c20-15(21)9-5-2-6-10-17-16(22)14-11-13(18-19-14)12-7-3-1-4-8-12/h1,3-4,7-8,13-14,18-19H,2,5-6,9-11H2,(H,17,22)(H,20,21). The van der Waals surface area contributed by atoms with Crippen molar-refractivity contribution in [1.82, 2.24) is 16.2 Å². The smallest absolute Gasteiger partial charge is 0.303 e. The number of hydrazine groups is 1. The van der Waals surface area contributed by atoms with Gasteiger partial charge in [0.15, 0.2) is 0 Å². The Hall–Kier alpha value is -1.92. The molecule has 6 heteroatoms. The van der Waals surface area contributed by atoms with Gasteiger partial charge in [-0.3, -0.25) is 9.59 Å². The van der Waals surface area contributed by atoms with Crippen LogP contribution in [0.4, 0.5) is 0 Å². The van der Waals surface area contributed by atoms with Crippen molar-refractivity contribution in [3.8, 4) is 0 Å². The van der Waals surface area contributed by atoms with Crippen molar-refractivity contribution in [2.75, 3.05) is 6.54 Å². The topological polar surface area (TPSA) is 90.5 Å². The number of benzene rings is 1. The number of carbonyl (C=O) groups is 2. The summed E-state index contributed by atoms with van der Waals surface area (Å²) in [6.45, 7) is 0.590. The number of carboxylic acid groups (broad SMARTS) is 1. The molecule has 0 aliphatic carbocycles. The molecule has 1 heterocycles. The Morgan fingerprint density at radius 3 is 2.64 bits per heavy atom. The van der Waals surface area contributed by atoms with Crippen LogP contribution in [-0.2, 0) is 9.59 Å². The molecule has 1 amide bonds. The van der Waals surface area contributed by atoms with Crippen LogP contribution in [-0.4, -0.2) is 29.6 Å². The minimum absolute atomic E-state index is 0.0100. The number of rotatable bonds is 8. The molecule has 22 heavy (non-hydrogen) atoms. The molecule has 1 fully saturated rings.